The largest absolute Gasteiger partial charge is 0.493 e. The van der Waals surface area contributed by atoms with E-state index in [1.165, 1.54) is 18.2 Å². The Morgan fingerprint density at radius 2 is 1.81 bits per heavy atom. The van der Waals surface area contributed by atoms with Crippen molar-refractivity contribution in [1.29, 1.82) is 0 Å². The molecule has 0 unspecified atom stereocenters. The molecule has 31 heavy (non-hydrogen) atoms. The van der Waals surface area contributed by atoms with Gasteiger partial charge >= 0.3 is 0 Å². The van der Waals surface area contributed by atoms with Crippen LogP contribution in [0.4, 0.5) is 10.1 Å². The lowest BCUT2D eigenvalue weighted by molar-refractivity contribution is 0.0996. The molecule has 1 amide bonds. The summed E-state index contributed by atoms with van der Waals surface area (Å²) in [5.74, 6) is -1.42. The van der Waals surface area contributed by atoms with Crippen molar-refractivity contribution in [2.75, 3.05) is 0 Å². The van der Waals surface area contributed by atoms with Gasteiger partial charge in [0.15, 0.2) is 5.69 Å². The topological polar surface area (TPSA) is 104 Å². The summed E-state index contributed by atoms with van der Waals surface area (Å²) < 4.78 is 13.6. The first-order valence-electron chi connectivity index (χ1n) is 9.37. The predicted octanol–water partition coefficient (Wildman–Crippen LogP) is 5.55. The lowest BCUT2D eigenvalue weighted by Crippen LogP contribution is -1.99. The first-order valence-corrected chi connectivity index (χ1v) is 9.37. The van der Waals surface area contributed by atoms with Gasteiger partial charge in [0, 0.05) is 17.0 Å². The molecule has 0 aliphatic rings. The van der Waals surface area contributed by atoms with E-state index in [2.05, 4.69) is 25.2 Å². The zero-order valence-corrected chi connectivity index (χ0v) is 16.0. The fourth-order valence-corrected chi connectivity index (χ4v) is 3.38. The first kappa shape index (κ1) is 18.6. The van der Waals surface area contributed by atoms with Gasteiger partial charge in [-0.1, -0.05) is 24.3 Å². The number of carbonyl (C=O) groups excluding carboxylic acids is 1. The Bertz CT molecular complexity index is 1480. The number of hydrogen-bond donors (Lipinski definition) is 2. The molecule has 3 heterocycles. The molecule has 0 fully saturated rings. The molecule has 5 rings (SSSR count). The quantitative estimate of drug-likeness (QED) is 0.380. The first-order chi connectivity index (χ1) is 15.1. The van der Waals surface area contributed by atoms with Crippen molar-refractivity contribution in [1.82, 2.24) is 15.0 Å². The molecular formula is C23H14FN5O2. The Balaban J connectivity index is 1.60. The van der Waals surface area contributed by atoms with Crippen LogP contribution in [0.25, 0.3) is 33.2 Å². The van der Waals surface area contributed by atoms with Gasteiger partial charge in [-0.25, -0.2) is 9.37 Å². The average Bonchev–Trinajstić information content (AvgIpc) is 3.11. The van der Waals surface area contributed by atoms with Crippen molar-refractivity contribution in [3.63, 3.8) is 0 Å². The van der Waals surface area contributed by atoms with Crippen molar-refractivity contribution < 1.29 is 14.3 Å². The second kappa shape index (κ2) is 7.42. The lowest BCUT2D eigenvalue weighted by atomic mass is 10.1. The molecule has 2 N–H and O–H groups in total. The van der Waals surface area contributed by atoms with E-state index < -0.39 is 11.7 Å². The third-order valence-electron chi connectivity index (χ3n) is 4.83. The van der Waals surface area contributed by atoms with E-state index in [9.17, 15) is 14.3 Å². The number of carbonyl (C=O) groups is 1. The molecule has 0 saturated carbocycles. The van der Waals surface area contributed by atoms with Gasteiger partial charge in [0.25, 0.3) is 5.91 Å². The van der Waals surface area contributed by atoms with Crippen LogP contribution < -0.4 is 0 Å². The summed E-state index contributed by atoms with van der Waals surface area (Å²) in [6.07, 6.45) is 1.65. The molecule has 0 radical (unpaired) electrons. The van der Waals surface area contributed by atoms with Gasteiger partial charge in [-0.3, -0.25) is 9.78 Å². The van der Waals surface area contributed by atoms with E-state index >= 15 is 0 Å². The number of hydrogen-bond acceptors (Lipinski definition) is 5. The summed E-state index contributed by atoms with van der Waals surface area (Å²) in [7, 11) is 0. The monoisotopic (exact) mass is 411 g/mol. The van der Waals surface area contributed by atoms with Crippen LogP contribution in [0.15, 0.2) is 83.2 Å². The highest BCUT2D eigenvalue weighted by atomic mass is 19.1. The van der Waals surface area contributed by atoms with Gasteiger partial charge in [-0.2, -0.15) is 0 Å². The highest BCUT2D eigenvalue weighted by Crippen LogP contribution is 2.36. The van der Waals surface area contributed by atoms with E-state index in [1.54, 1.807) is 42.6 Å². The molecule has 7 nitrogen and oxygen atoms in total. The van der Waals surface area contributed by atoms with Crippen molar-refractivity contribution in [2.24, 2.45) is 10.2 Å². The molecule has 2 aromatic carbocycles. The van der Waals surface area contributed by atoms with E-state index in [4.69, 9.17) is 0 Å². The molecule has 0 bridgehead atoms. The van der Waals surface area contributed by atoms with E-state index in [1.807, 2.05) is 12.1 Å². The molecular weight excluding hydrogens is 397 g/mol. The zero-order valence-electron chi connectivity index (χ0n) is 16.0. The fourth-order valence-electron chi connectivity index (χ4n) is 3.38. The fraction of sp³-hybridized carbons (Fsp3) is 0. The molecule has 0 saturated heterocycles. The summed E-state index contributed by atoms with van der Waals surface area (Å²) in [5.41, 5.74) is 2.51. The molecule has 0 spiro atoms. The van der Waals surface area contributed by atoms with Crippen LogP contribution in [0.5, 0.6) is 5.88 Å². The number of aromatic nitrogens is 3. The number of aromatic amines is 1. The maximum atomic E-state index is 13.6. The van der Waals surface area contributed by atoms with Crippen LogP contribution in [0.3, 0.4) is 0 Å². The SMILES string of the molecule is O=C(N=Nc1c(O)[nH]c2ccc(F)cc12)c1cc(-c2ccccn2)nc2ccccc12. The Kier molecular flexibility index (Phi) is 4.44. The van der Waals surface area contributed by atoms with Crippen molar-refractivity contribution in [2.45, 2.75) is 0 Å². The molecule has 150 valence electrons. The second-order valence-electron chi connectivity index (χ2n) is 6.80. The minimum absolute atomic E-state index is 0.00818. The van der Waals surface area contributed by atoms with Crippen molar-refractivity contribution >= 4 is 33.4 Å². The number of para-hydroxylation sites is 1. The van der Waals surface area contributed by atoms with Crippen LogP contribution in [-0.4, -0.2) is 26.0 Å². The van der Waals surface area contributed by atoms with Gasteiger partial charge in [-0.05, 0) is 42.5 Å². The number of pyridine rings is 2. The number of H-pyrrole nitrogens is 1. The van der Waals surface area contributed by atoms with Gasteiger partial charge < -0.3 is 10.1 Å². The summed E-state index contributed by atoms with van der Waals surface area (Å²) in [6, 6.07) is 18.2. The number of fused-ring (bicyclic) bond motifs is 2. The Morgan fingerprint density at radius 3 is 2.65 bits per heavy atom. The highest BCUT2D eigenvalue weighted by Gasteiger charge is 2.16. The van der Waals surface area contributed by atoms with E-state index in [-0.39, 0.29) is 11.6 Å². The van der Waals surface area contributed by atoms with Gasteiger partial charge in [0.2, 0.25) is 5.88 Å². The normalized spacial score (nSPS) is 11.5. The smallest absolute Gasteiger partial charge is 0.296 e. The molecule has 0 aliphatic carbocycles. The second-order valence-corrected chi connectivity index (χ2v) is 6.80. The third kappa shape index (κ3) is 3.40. The van der Waals surface area contributed by atoms with Crippen molar-refractivity contribution in [3.05, 3.63) is 84.3 Å². The van der Waals surface area contributed by atoms with Gasteiger partial charge in [0.05, 0.1) is 28.0 Å². The number of nitrogens with zero attached hydrogens (tertiary/aromatic N) is 4. The van der Waals surface area contributed by atoms with Crippen LogP contribution >= 0.6 is 0 Å². The molecule has 8 heteroatoms. The minimum atomic E-state index is -0.624. The molecule has 3 aromatic heterocycles. The molecule has 5 aromatic rings. The molecule has 0 aliphatic heterocycles. The standard InChI is InChI=1S/C23H14FN5O2/c24-13-8-9-18-16(11-13)21(23(31)27-18)28-29-22(30)15-12-20(19-7-3-4-10-25-19)26-17-6-2-1-5-14(15)17/h1-12,27,31H. The summed E-state index contributed by atoms with van der Waals surface area (Å²) in [5, 5.41) is 18.8. The Labute approximate surface area is 174 Å². The van der Waals surface area contributed by atoms with Crippen LogP contribution in [0, 0.1) is 5.82 Å². The number of nitrogens with one attached hydrogen (secondary N) is 1. The van der Waals surface area contributed by atoms with Crippen LogP contribution in [0.2, 0.25) is 0 Å². The zero-order chi connectivity index (χ0) is 21.4. The van der Waals surface area contributed by atoms with Crippen LogP contribution in [-0.2, 0) is 0 Å². The minimum Gasteiger partial charge on any atom is -0.493 e. The van der Waals surface area contributed by atoms with E-state index in [0.29, 0.717) is 38.8 Å². The maximum Gasteiger partial charge on any atom is 0.296 e. The number of halogens is 1. The number of rotatable bonds is 3. The number of aromatic hydroxyl groups is 1. The highest BCUT2D eigenvalue weighted by molar-refractivity contribution is 6.07. The Morgan fingerprint density at radius 1 is 0.968 bits per heavy atom. The lowest BCUT2D eigenvalue weighted by Gasteiger charge is -2.06. The van der Waals surface area contributed by atoms with Gasteiger partial charge in [-0.15, -0.1) is 10.2 Å². The van der Waals surface area contributed by atoms with E-state index in [0.717, 1.165) is 0 Å². The number of benzene rings is 2. The number of amides is 1. The van der Waals surface area contributed by atoms with Gasteiger partial charge in [0.1, 0.15) is 5.82 Å². The maximum absolute atomic E-state index is 13.6. The number of azo groups is 1. The predicted molar refractivity (Wildman–Crippen MR) is 114 cm³/mol. The van der Waals surface area contributed by atoms with Crippen LogP contribution in [0.1, 0.15) is 10.4 Å². The molecule has 0 atom stereocenters. The Hall–Kier alpha value is -4.46. The average molecular weight is 411 g/mol. The van der Waals surface area contributed by atoms with Crippen molar-refractivity contribution in [3.8, 4) is 17.3 Å². The summed E-state index contributed by atoms with van der Waals surface area (Å²) >= 11 is 0. The summed E-state index contributed by atoms with van der Waals surface area (Å²) in [6.45, 7) is 0. The summed E-state index contributed by atoms with van der Waals surface area (Å²) in [4.78, 5) is 24.5. The third-order valence-corrected chi connectivity index (χ3v) is 4.83.